The molecule has 0 aromatic heterocycles. The monoisotopic (exact) mass is 291 g/mol. The van der Waals surface area contributed by atoms with Crippen LogP contribution in [-0.4, -0.2) is 32.3 Å². The number of carbonyl (C=O) groups excluding carboxylic acids is 2. The molecule has 20 heavy (non-hydrogen) atoms. The molecule has 0 aliphatic carbocycles. The molecule has 0 fully saturated rings. The first-order valence-electron chi connectivity index (χ1n) is 5.35. The van der Waals surface area contributed by atoms with Crippen LogP contribution in [0.3, 0.4) is 0 Å². The molecule has 0 saturated heterocycles. The average molecular weight is 291 g/mol. The molecule has 0 bridgehead atoms. The van der Waals surface area contributed by atoms with Gasteiger partial charge >= 0.3 is 18.1 Å². The molecule has 0 saturated carbocycles. The quantitative estimate of drug-likeness (QED) is 0.859. The molecule has 0 spiro atoms. The van der Waals surface area contributed by atoms with Crippen molar-refractivity contribution in [2.45, 2.75) is 12.2 Å². The van der Waals surface area contributed by atoms with E-state index in [9.17, 15) is 22.8 Å². The van der Waals surface area contributed by atoms with Crippen molar-refractivity contribution < 1.29 is 32.2 Å². The lowest BCUT2D eigenvalue weighted by atomic mass is 9.97. The summed E-state index contributed by atoms with van der Waals surface area (Å²) >= 11 is 0. The Bertz CT molecular complexity index is 528. The second-order valence-corrected chi connectivity index (χ2v) is 3.80. The second-order valence-electron chi connectivity index (χ2n) is 3.80. The molecule has 0 unspecified atom stereocenters. The summed E-state index contributed by atoms with van der Waals surface area (Å²) in [6.45, 7) is 0. The summed E-state index contributed by atoms with van der Waals surface area (Å²) in [7, 11) is 2.11. The number of alkyl halides is 3. The number of rotatable bonds is 3. The van der Waals surface area contributed by atoms with E-state index >= 15 is 0 Å². The number of methoxy groups -OCH3 is 2. The summed E-state index contributed by atoms with van der Waals surface area (Å²) in [6, 6.07) is 0.654. The van der Waals surface area contributed by atoms with E-state index in [4.69, 9.17) is 5.73 Å². The summed E-state index contributed by atoms with van der Waals surface area (Å²) in [6.07, 6.45) is -4.77. The molecule has 1 aromatic rings. The number of benzene rings is 1. The molecule has 2 N–H and O–H groups in total. The molecular formula is C12H12F3NO4. The van der Waals surface area contributed by atoms with Gasteiger partial charge in [-0.25, -0.2) is 9.59 Å². The van der Waals surface area contributed by atoms with Crippen molar-refractivity contribution in [2.75, 3.05) is 14.2 Å². The Balaban J connectivity index is 3.41. The van der Waals surface area contributed by atoms with Gasteiger partial charge in [0, 0.05) is 0 Å². The van der Waals surface area contributed by atoms with Crippen LogP contribution in [0.4, 0.5) is 13.2 Å². The lowest BCUT2D eigenvalue weighted by Crippen LogP contribution is -2.30. The molecule has 8 heteroatoms. The Labute approximate surface area is 112 Å². The van der Waals surface area contributed by atoms with Crippen molar-refractivity contribution >= 4 is 11.9 Å². The van der Waals surface area contributed by atoms with Crippen LogP contribution < -0.4 is 5.73 Å². The first-order valence-corrected chi connectivity index (χ1v) is 5.35. The van der Waals surface area contributed by atoms with Crippen molar-refractivity contribution in [2.24, 2.45) is 5.73 Å². The minimum atomic E-state index is -4.77. The van der Waals surface area contributed by atoms with Crippen molar-refractivity contribution in [1.29, 1.82) is 0 Å². The number of ether oxygens (including phenoxy) is 2. The molecule has 1 rings (SSSR count). The summed E-state index contributed by atoms with van der Waals surface area (Å²) in [5.41, 5.74) is 4.04. The molecule has 0 aliphatic rings. The number of esters is 2. The minimum Gasteiger partial charge on any atom is -0.465 e. The zero-order chi connectivity index (χ0) is 15.5. The van der Waals surface area contributed by atoms with Gasteiger partial charge in [0.2, 0.25) is 0 Å². The Morgan fingerprint density at radius 1 is 1.15 bits per heavy atom. The first kappa shape index (κ1) is 16.0. The summed E-state index contributed by atoms with van der Waals surface area (Å²) in [5.74, 6) is -1.81. The van der Waals surface area contributed by atoms with Gasteiger partial charge in [0.25, 0.3) is 0 Å². The van der Waals surface area contributed by atoms with Crippen molar-refractivity contribution in [1.82, 2.24) is 0 Å². The maximum atomic E-state index is 12.7. The highest BCUT2D eigenvalue weighted by atomic mass is 19.4. The fourth-order valence-corrected chi connectivity index (χ4v) is 1.54. The van der Waals surface area contributed by atoms with E-state index in [2.05, 4.69) is 9.47 Å². The van der Waals surface area contributed by atoms with Crippen LogP contribution in [0.1, 0.15) is 32.3 Å². The Kier molecular flexibility index (Phi) is 4.72. The predicted octanol–water partition coefficient (Wildman–Crippen LogP) is 1.82. The third-order valence-corrected chi connectivity index (χ3v) is 2.57. The first-order chi connectivity index (χ1) is 9.22. The predicted molar refractivity (Wildman–Crippen MR) is 62.1 cm³/mol. The van der Waals surface area contributed by atoms with Gasteiger partial charge in [-0.05, 0) is 23.8 Å². The van der Waals surface area contributed by atoms with Crippen LogP contribution >= 0.6 is 0 Å². The second kappa shape index (κ2) is 5.91. The standard InChI is InChI=1S/C12H12F3NO4/c1-19-10(17)6-3-4-7(11(18)20-2)8(5-6)9(16)12(13,14)15/h3-5,9H,16H2,1-2H3/t9-/m1/s1. The maximum absolute atomic E-state index is 12.7. The van der Waals surface area contributed by atoms with Crippen molar-refractivity contribution in [3.05, 3.63) is 34.9 Å². The van der Waals surface area contributed by atoms with Crippen molar-refractivity contribution in [3.8, 4) is 0 Å². The molecule has 0 heterocycles. The van der Waals surface area contributed by atoms with E-state index in [0.29, 0.717) is 0 Å². The number of halogens is 3. The largest absolute Gasteiger partial charge is 0.465 e. The third kappa shape index (κ3) is 3.27. The van der Waals surface area contributed by atoms with Crippen LogP contribution in [0.2, 0.25) is 0 Å². The maximum Gasteiger partial charge on any atom is 0.407 e. The smallest absolute Gasteiger partial charge is 0.407 e. The van der Waals surface area contributed by atoms with Gasteiger partial charge in [0.1, 0.15) is 6.04 Å². The van der Waals surface area contributed by atoms with Crippen LogP contribution in [-0.2, 0) is 9.47 Å². The molecule has 0 aliphatic heterocycles. The van der Waals surface area contributed by atoms with Gasteiger partial charge in [0.05, 0.1) is 25.3 Å². The van der Waals surface area contributed by atoms with Gasteiger partial charge in [0.15, 0.2) is 0 Å². The molecule has 0 amide bonds. The highest BCUT2D eigenvalue weighted by Crippen LogP contribution is 2.33. The van der Waals surface area contributed by atoms with E-state index in [0.717, 1.165) is 32.4 Å². The lowest BCUT2D eigenvalue weighted by molar-refractivity contribution is -0.149. The SMILES string of the molecule is COC(=O)c1ccc(C(=O)OC)c([C@@H](N)C(F)(F)F)c1. The average Bonchev–Trinajstić information content (AvgIpc) is 2.43. The van der Waals surface area contributed by atoms with Gasteiger partial charge in [-0.2, -0.15) is 13.2 Å². The lowest BCUT2D eigenvalue weighted by Gasteiger charge is -2.19. The number of carbonyl (C=O) groups is 2. The summed E-state index contributed by atoms with van der Waals surface area (Å²) < 4.78 is 46.9. The van der Waals surface area contributed by atoms with Crippen LogP contribution in [0.15, 0.2) is 18.2 Å². The van der Waals surface area contributed by atoms with Gasteiger partial charge in [-0.1, -0.05) is 0 Å². The van der Waals surface area contributed by atoms with E-state index in [1.807, 2.05) is 0 Å². The van der Waals surface area contributed by atoms with Crippen LogP contribution in [0, 0.1) is 0 Å². The van der Waals surface area contributed by atoms with Crippen LogP contribution in [0.25, 0.3) is 0 Å². The fraction of sp³-hybridized carbons (Fsp3) is 0.333. The van der Waals surface area contributed by atoms with Gasteiger partial charge in [-0.15, -0.1) is 0 Å². The normalized spacial score (nSPS) is 12.7. The fourth-order valence-electron chi connectivity index (χ4n) is 1.54. The van der Waals surface area contributed by atoms with Gasteiger partial charge in [-0.3, -0.25) is 0 Å². The third-order valence-electron chi connectivity index (χ3n) is 2.57. The van der Waals surface area contributed by atoms with E-state index in [1.54, 1.807) is 0 Å². The summed E-state index contributed by atoms with van der Waals surface area (Å²) in [4.78, 5) is 22.8. The Morgan fingerprint density at radius 3 is 2.15 bits per heavy atom. The molecule has 110 valence electrons. The van der Waals surface area contributed by atoms with E-state index in [1.165, 1.54) is 0 Å². The summed E-state index contributed by atoms with van der Waals surface area (Å²) in [5, 5.41) is 0. The van der Waals surface area contributed by atoms with Gasteiger partial charge < -0.3 is 15.2 Å². The number of nitrogens with two attached hydrogens (primary N) is 1. The van der Waals surface area contributed by atoms with Crippen LogP contribution in [0.5, 0.6) is 0 Å². The molecule has 5 nitrogen and oxygen atoms in total. The highest BCUT2D eigenvalue weighted by Gasteiger charge is 2.40. The number of hydrogen-bond acceptors (Lipinski definition) is 5. The Hall–Kier alpha value is -2.09. The zero-order valence-electron chi connectivity index (χ0n) is 10.7. The molecular weight excluding hydrogens is 279 g/mol. The topological polar surface area (TPSA) is 78.6 Å². The molecule has 1 atom stereocenters. The number of hydrogen-bond donors (Lipinski definition) is 1. The zero-order valence-corrected chi connectivity index (χ0v) is 10.7. The molecule has 0 radical (unpaired) electrons. The van der Waals surface area contributed by atoms with E-state index < -0.39 is 29.7 Å². The molecule has 1 aromatic carbocycles. The highest BCUT2D eigenvalue weighted by molar-refractivity contribution is 5.95. The van der Waals surface area contributed by atoms with Crippen molar-refractivity contribution in [3.63, 3.8) is 0 Å². The minimum absolute atomic E-state index is 0.144. The Morgan fingerprint density at radius 2 is 1.70 bits per heavy atom. The van der Waals surface area contributed by atoms with E-state index in [-0.39, 0.29) is 11.1 Å².